The molecule has 0 N–H and O–H groups in total. The van der Waals surface area contributed by atoms with Crippen LogP contribution in [0.1, 0.15) is 38.1 Å². The molecule has 20 heavy (non-hydrogen) atoms. The van der Waals surface area contributed by atoms with Gasteiger partial charge in [-0.25, -0.2) is 4.98 Å². The molecular weight excluding hydrogens is 272 g/mol. The second-order valence-corrected chi connectivity index (χ2v) is 6.05. The Morgan fingerprint density at radius 3 is 2.90 bits per heavy atom. The van der Waals surface area contributed by atoms with Crippen LogP contribution in [-0.4, -0.2) is 22.5 Å². The fourth-order valence-electron chi connectivity index (χ4n) is 3.40. The highest BCUT2D eigenvalue weighted by molar-refractivity contribution is 6.17. The molecule has 0 bridgehead atoms. The Morgan fingerprint density at radius 1 is 1.40 bits per heavy atom. The van der Waals surface area contributed by atoms with E-state index in [1.165, 1.54) is 24.8 Å². The maximum Gasteiger partial charge on any atom is 0.121 e. The van der Waals surface area contributed by atoms with Crippen LogP contribution < -0.4 is 4.74 Å². The van der Waals surface area contributed by atoms with Crippen LogP contribution in [0.25, 0.3) is 11.0 Å². The summed E-state index contributed by atoms with van der Waals surface area (Å²) in [5.74, 6) is 3.30. The molecule has 1 aliphatic rings. The van der Waals surface area contributed by atoms with Gasteiger partial charge in [0.25, 0.3) is 0 Å². The second-order valence-electron chi connectivity index (χ2n) is 5.67. The van der Waals surface area contributed by atoms with Crippen LogP contribution in [0.4, 0.5) is 0 Å². The summed E-state index contributed by atoms with van der Waals surface area (Å²) in [5.41, 5.74) is 2.23. The first-order valence-electron chi connectivity index (χ1n) is 7.35. The minimum Gasteiger partial charge on any atom is -0.497 e. The van der Waals surface area contributed by atoms with Gasteiger partial charge in [-0.2, -0.15) is 0 Å². The zero-order valence-electron chi connectivity index (χ0n) is 12.1. The monoisotopic (exact) mass is 292 g/mol. The van der Waals surface area contributed by atoms with E-state index in [0.717, 1.165) is 23.5 Å². The number of nitrogens with zero attached hydrogens (tertiary/aromatic N) is 2. The average molecular weight is 293 g/mol. The molecule has 1 fully saturated rings. The third-order valence-corrected chi connectivity index (χ3v) is 4.62. The Bertz CT molecular complexity index is 608. The summed E-state index contributed by atoms with van der Waals surface area (Å²) < 4.78 is 7.73. The first-order valence-corrected chi connectivity index (χ1v) is 7.89. The van der Waals surface area contributed by atoms with Gasteiger partial charge in [0.05, 0.1) is 18.1 Å². The number of ether oxygens (including phenoxy) is 1. The van der Waals surface area contributed by atoms with Crippen LogP contribution >= 0.6 is 11.6 Å². The second kappa shape index (κ2) is 5.65. The number of halogens is 1. The lowest BCUT2D eigenvalue weighted by molar-refractivity contribution is 0.406. The molecule has 1 saturated carbocycles. The summed E-state index contributed by atoms with van der Waals surface area (Å²) in [6.45, 7) is 2.34. The number of imidazole rings is 1. The Morgan fingerprint density at radius 2 is 2.25 bits per heavy atom. The van der Waals surface area contributed by atoms with Crippen molar-refractivity contribution in [2.45, 2.75) is 38.6 Å². The number of alkyl halides is 1. The van der Waals surface area contributed by atoms with Crippen LogP contribution in [0.5, 0.6) is 5.75 Å². The van der Waals surface area contributed by atoms with Crippen molar-refractivity contribution in [1.29, 1.82) is 0 Å². The molecule has 3 rings (SSSR count). The molecule has 0 spiro atoms. The van der Waals surface area contributed by atoms with Gasteiger partial charge in [0.15, 0.2) is 0 Å². The predicted molar refractivity (Wildman–Crippen MR) is 82.8 cm³/mol. The molecule has 1 aliphatic carbocycles. The molecular formula is C16H21ClN2O. The smallest absolute Gasteiger partial charge is 0.121 e. The maximum absolute atomic E-state index is 5.96. The van der Waals surface area contributed by atoms with Crippen LogP contribution in [0.2, 0.25) is 0 Å². The van der Waals surface area contributed by atoms with Crippen LogP contribution in [0.3, 0.4) is 0 Å². The van der Waals surface area contributed by atoms with E-state index in [1.54, 1.807) is 7.11 Å². The molecule has 0 aliphatic heterocycles. The van der Waals surface area contributed by atoms with Gasteiger partial charge in [-0.15, -0.1) is 11.6 Å². The highest BCUT2D eigenvalue weighted by atomic mass is 35.5. The zero-order chi connectivity index (χ0) is 14.1. The Balaban J connectivity index is 2.13. The van der Waals surface area contributed by atoms with Crippen LogP contribution in [-0.2, 0) is 6.42 Å². The lowest BCUT2D eigenvalue weighted by Crippen LogP contribution is -2.15. The van der Waals surface area contributed by atoms with Gasteiger partial charge >= 0.3 is 0 Å². The van der Waals surface area contributed by atoms with E-state index in [0.29, 0.717) is 17.8 Å². The van der Waals surface area contributed by atoms with E-state index in [9.17, 15) is 0 Å². The van der Waals surface area contributed by atoms with Crippen molar-refractivity contribution < 1.29 is 4.74 Å². The molecule has 0 saturated heterocycles. The third kappa shape index (κ3) is 2.28. The minimum absolute atomic E-state index is 0.562. The molecule has 0 radical (unpaired) electrons. The van der Waals surface area contributed by atoms with Crippen molar-refractivity contribution in [3.63, 3.8) is 0 Å². The SMILES string of the molecule is COc1ccc2c(c1)nc(CCCl)n2C1CCCC1C. The Kier molecular flexibility index (Phi) is 3.88. The molecule has 2 unspecified atom stereocenters. The summed E-state index contributed by atoms with van der Waals surface area (Å²) in [6.07, 6.45) is 4.68. The predicted octanol–water partition coefficient (Wildman–Crippen LogP) is 4.19. The molecule has 1 aromatic carbocycles. The number of hydrogen-bond donors (Lipinski definition) is 0. The summed E-state index contributed by atoms with van der Waals surface area (Å²) in [6, 6.07) is 6.73. The van der Waals surface area contributed by atoms with Gasteiger partial charge < -0.3 is 9.30 Å². The topological polar surface area (TPSA) is 27.1 Å². The van der Waals surface area contributed by atoms with Gasteiger partial charge in [-0.3, -0.25) is 0 Å². The van der Waals surface area contributed by atoms with Gasteiger partial charge in [-0.1, -0.05) is 13.3 Å². The summed E-state index contributed by atoms with van der Waals surface area (Å²) in [4.78, 5) is 4.79. The van der Waals surface area contributed by atoms with Gasteiger partial charge in [-0.05, 0) is 30.9 Å². The normalized spacial score (nSPS) is 22.6. The summed E-state index contributed by atoms with van der Waals surface area (Å²) >= 11 is 5.96. The van der Waals surface area contributed by atoms with Crippen molar-refractivity contribution in [3.8, 4) is 5.75 Å². The molecule has 2 aromatic rings. The van der Waals surface area contributed by atoms with Gasteiger partial charge in [0, 0.05) is 24.4 Å². The van der Waals surface area contributed by atoms with Crippen LogP contribution in [0, 0.1) is 5.92 Å². The van der Waals surface area contributed by atoms with E-state index in [4.69, 9.17) is 21.3 Å². The van der Waals surface area contributed by atoms with E-state index in [2.05, 4.69) is 17.6 Å². The number of fused-ring (bicyclic) bond motifs is 1. The molecule has 108 valence electrons. The standard InChI is InChI=1S/C16H21ClN2O/c1-11-4-3-5-14(11)19-15-7-6-12(20-2)10-13(15)18-16(19)8-9-17/h6-7,10-11,14H,3-5,8-9H2,1-2H3. The highest BCUT2D eigenvalue weighted by Gasteiger charge is 2.28. The zero-order valence-corrected chi connectivity index (χ0v) is 12.9. The molecule has 4 heteroatoms. The van der Waals surface area contributed by atoms with E-state index >= 15 is 0 Å². The third-order valence-electron chi connectivity index (χ3n) is 4.44. The Labute approximate surface area is 124 Å². The van der Waals surface area contributed by atoms with Crippen LogP contribution in [0.15, 0.2) is 18.2 Å². The Hall–Kier alpha value is -1.22. The quantitative estimate of drug-likeness (QED) is 0.790. The first-order chi connectivity index (χ1) is 9.74. The molecule has 1 heterocycles. The molecule has 0 amide bonds. The van der Waals surface area contributed by atoms with E-state index in [1.807, 2.05) is 12.1 Å². The fraction of sp³-hybridized carbons (Fsp3) is 0.562. The number of methoxy groups -OCH3 is 1. The average Bonchev–Trinajstić information content (AvgIpc) is 3.01. The largest absolute Gasteiger partial charge is 0.497 e. The minimum atomic E-state index is 0.562. The molecule has 2 atom stereocenters. The van der Waals surface area contributed by atoms with E-state index in [-0.39, 0.29) is 0 Å². The lowest BCUT2D eigenvalue weighted by atomic mass is 10.1. The number of aromatic nitrogens is 2. The molecule has 1 aromatic heterocycles. The van der Waals surface area contributed by atoms with Gasteiger partial charge in [0.2, 0.25) is 0 Å². The highest BCUT2D eigenvalue weighted by Crippen LogP contribution is 2.38. The van der Waals surface area contributed by atoms with Gasteiger partial charge in [0.1, 0.15) is 11.6 Å². The van der Waals surface area contributed by atoms with Crippen molar-refractivity contribution in [2.75, 3.05) is 13.0 Å². The number of rotatable bonds is 4. The van der Waals surface area contributed by atoms with Crippen molar-refractivity contribution >= 4 is 22.6 Å². The number of aryl methyl sites for hydroxylation is 1. The van der Waals surface area contributed by atoms with Crippen molar-refractivity contribution in [1.82, 2.24) is 9.55 Å². The maximum atomic E-state index is 5.96. The lowest BCUT2D eigenvalue weighted by Gasteiger charge is -2.21. The van der Waals surface area contributed by atoms with Crippen molar-refractivity contribution in [2.24, 2.45) is 5.92 Å². The summed E-state index contributed by atoms with van der Waals surface area (Å²) in [5, 5.41) is 0. The first kappa shape index (κ1) is 13.7. The number of hydrogen-bond acceptors (Lipinski definition) is 2. The molecule has 3 nitrogen and oxygen atoms in total. The van der Waals surface area contributed by atoms with Crippen molar-refractivity contribution in [3.05, 3.63) is 24.0 Å². The fourth-order valence-corrected chi connectivity index (χ4v) is 3.56. The van der Waals surface area contributed by atoms with E-state index < -0.39 is 0 Å². The number of benzene rings is 1. The summed E-state index contributed by atoms with van der Waals surface area (Å²) in [7, 11) is 1.69.